The minimum Gasteiger partial charge on any atom is -0.475 e. The molecule has 0 saturated carbocycles. The zero-order valence-corrected chi connectivity index (χ0v) is 15.7. The summed E-state index contributed by atoms with van der Waals surface area (Å²) in [5.74, 6) is -2.08. The van der Waals surface area contributed by atoms with E-state index in [0.29, 0.717) is 18.9 Å². The minimum absolute atomic E-state index is 0.0472. The highest BCUT2D eigenvalue weighted by Crippen LogP contribution is 2.43. The number of hydrogen-bond donors (Lipinski definition) is 2. The molecule has 28 heavy (non-hydrogen) atoms. The Hall–Kier alpha value is -2.13. The highest BCUT2D eigenvalue weighted by molar-refractivity contribution is 5.77. The van der Waals surface area contributed by atoms with Gasteiger partial charge in [0.1, 0.15) is 0 Å². The van der Waals surface area contributed by atoms with Gasteiger partial charge in [-0.25, -0.2) is 4.79 Å². The lowest BCUT2D eigenvalue weighted by molar-refractivity contribution is -0.192. The summed E-state index contributed by atoms with van der Waals surface area (Å²) in [5, 5.41) is 10.2. The average molecular weight is 402 g/mol. The summed E-state index contributed by atoms with van der Waals surface area (Å²) in [5.41, 5.74) is 1.31. The number of carboxylic acid groups (broad SMARTS) is 1. The van der Waals surface area contributed by atoms with Crippen molar-refractivity contribution in [2.75, 3.05) is 39.9 Å². The van der Waals surface area contributed by atoms with E-state index in [2.05, 4.69) is 29.4 Å². The van der Waals surface area contributed by atoms with E-state index in [9.17, 15) is 18.0 Å². The summed E-state index contributed by atoms with van der Waals surface area (Å²) in [6, 6.07) is 10.3. The van der Waals surface area contributed by atoms with E-state index in [1.807, 2.05) is 18.2 Å². The molecule has 1 aromatic rings. The topological polar surface area (TPSA) is 78.9 Å². The quantitative estimate of drug-likeness (QED) is 0.787. The van der Waals surface area contributed by atoms with Crippen molar-refractivity contribution in [3.8, 4) is 0 Å². The molecule has 156 valence electrons. The van der Waals surface area contributed by atoms with Crippen molar-refractivity contribution in [1.82, 2.24) is 10.2 Å². The summed E-state index contributed by atoms with van der Waals surface area (Å²) in [7, 11) is 2.13. The Kier molecular flexibility index (Phi) is 7.42. The number of fused-ring (bicyclic) bond motifs is 1. The monoisotopic (exact) mass is 402 g/mol. The van der Waals surface area contributed by atoms with Crippen molar-refractivity contribution in [2.24, 2.45) is 11.3 Å². The second kappa shape index (κ2) is 9.38. The molecule has 2 fully saturated rings. The lowest BCUT2D eigenvalue weighted by atomic mass is 9.78. The Morgan fingerprint density at radius 3 is 2.57 bits per heavy atom. The summed E-state index contributed by atoms with van der Waals surface area (Å²) in [4.78, 5) is 23.5. The maximum atomic E-state index is 12.2. The molecule has 2 N–H and O–H groups in total. The van der Waals surface area contributed by atoms with Crippen LogP contribution < -0.4 is 5.32 Å². The van der Waals surface area contributed by atoms with Gasteiger partial charge in [0.25, 0.3) is 0 Å². The summed E-state index contributed by atoms with van der Waals surface area (Å²) in [6.45, 7) is 4.27. The Bertz CT molecular complexity index is 669. The maximum absolute atomic E-state index is 12.2. The molecular weight excluding hydrogens is 377 g/mol. The van der Waals surface area contributed by atoms with Crippen molar-refractivity contribution in [3.05, 3.63) is 35.9 Å². The second-order valence-electron chi connectivity index (χ2n) is 7.34. The molecule has 0 unspecified atom stereocenters. The van der Waals surface area contributed by atoms with Crippen LogP contribution in [0.25, 0.3) is 0 Å². The number of carboxylic acids is 1. The van der Waals surface area contributed by atoms with Crippen LogP contribution in [-0.2, 0) is 20.7 Å². The number of nitrogens with zero attached hydrogens (tertiary/aromatic N) is 1. The number of likely N-dealkylation sites (tertiary alicyclic amines) is 1. The van der Waals surface area contributed by atoms with Gasteiger partial charge in [-0.05, 0) is 19.0 Å². The van der Waals surface area contributed by atoms with Crippen molar-refractivity contribution in [3.63, 3.8) is 0 Å². The van der Waals surface area contributed by atoms with Crippen molar-refractivity contribution in [1.29, 1.82) is 0 Å². The Labute approximate surface area is 161 Å². The number of hydrogen-bond acceptors (Lipinski definition) is 4. The van der Waals surface area contributed by atoms with Gasteiger partial charge in [0.2, 0.25) is 5.91 Å². The van der Waals surface area contributed by atoms with Gasteiger partial charge >= 0.3 is 12.1 Å². The number of nitrogens with one attached hydrogen (secondary N) is 1. The summed E-state index contributed by atoms with van der Waals surface area (Å²) >= 11 is 0. The van der Waals surface area contributed by atoms with E-state index in [4.69, 9.17) is 14.6 Å². The molecule has 0 bridgehead atoms. The fourth-order valence-electron chi connectivity index (χ4n) is 3.72. The Balaban J connectivity index is 0.000000345. The molecule has 0 spiro atoms. The first-order valence-corrected chi connectivity index (χ1v) is 8.99. The lowest BCUT2D eigenvalue weighted by Gasteiger charge is -2.26. The summed E-state index contributed by atoms with van der Waals surface area (Å²) < 4.78 is 37.4. The number of halogens is 3. The van der Waals surface area contributed by atoms with Crippen LogP contribution in [0.15, 0.2) is 30.3 Å². The predicted octanol–water partition coefficient (Wildman–Crippen LogP) is 1.95. The number of ether oxygens (including phenoxy) is 1. The SMILES string of the molecule is CN1C[C@@H]2COC[C@]2(CC(=O)NCCc2ccccc2)C1.O=C(O)C(F)(F)F. The molecular formula is C19H25F3N2O4. The van der Waals surface area contributed by atoms with E-state index < -0.39 is 12.1 Å². The van der Waals surface area contributed by atoms with E-state index in [1.165, 1.54) is 5.56 Å². The van der Waals surface area contributed by atoms with Crippen LogP contribution in [-0.4, -0.2) is 68.0 Å². The van der Waals surface area contributed by atoms with Gasteiger partial charge in [-0.2, -0.15) is 13.2 Å². The molecule has 3 rings (SSSR count). The van der Waals surface area contributed by atoms with Gasteiger partial charge in [0.05, 0.1) is 13.2 Å². The highest BCUT2D eigenvalue weighted by atomic mass is 19.4. The number of amides is 1. The first-order valence-electron chi connectivity index (χ1n) is 8.99. The van der Waals surface area contributed by atoms with Gasteiger partial charge in [-0.3, -0.25) is 4.79 Å². The van der Waals surface area contributed by atoms with Gasteiger partial charge in [-0.1, -0.05) is 30.3 Å². The third-order valence-electron chi connectivity index (χ3n) is 5.03. The van der Waals surface area contributed by atoms with E-state index in [0.717, 1.165) is 32.7 Å². The zero-order valence-electron chi connectivity index (χ0n) is 15.7. The van der Waals surface area contributed by atoms with Gasteiger partial charge < -0.3 is 20.1 Å². The molecule has 2 atom stereocenters. The van der Waals surface area contributed by atoms with Crippen LogP contribution in [0.2, 0.25) is 0 Å². The average Bonchev–Trinajstić information content (AvgIpc) is 3.10. The molecule has 9 heteroatoms. The minimum atomic E-state index is -5.08. The molecule has 2 aliphatic heterocycles. The van der Waals surface area contributed by atoms with Crippen molar-refractivity contribution < 1.29 is 32.6 Å². The zero-order chi connectivity index (χ0) is 20.8. The third kappa shape index (κ3) is 6.20. The van der Waals surface area contributed by atoms with Crippen LogP contribution in [0.3, 0.4) is 0 Å². The van der Waals surface area contributed by atoms with E-state index in [-0.39, 0.29) is 11.3 Å². The molecule has 2 heterocycles. The third-order valence-corrected chi connectivity index (χ3v) is 5.03. The van der Waals surface area contributed by atoms with Crippen LogP contribution >= 0.6 is 0 Å². The standard InChI is InChI=1S/C17H24N2O2.C2HF3O2/c1-19-10-15-11-21-13-17(15,12-19)9-16(20)18-8-7-14-5-3-2-4-6-14;3-2(4,5)1(6)7/h2-6,15H,7-13H2,1H3,(H,18,20);(H,6,7)/t15-,17+;/m1./s1. The molecule has 0 aliphatic carbocycles. The van der Waals surface area contributed by atoms with E-state index in [1.54, 1.807) is 0 Å². The fraction of sp³-hybridized carbons (Fsp3) is 0.579. The smallest absolute Gasteiger partial charge is 0.475 e. The summed E-state index contributed by atoms with van der Waals surface area (Å²) in [6.07, 6.45) is -3.60. The van der Waals surface area contributed by atoms with E-state index >= 15 is 0 Å². The van der Waals surface area contributed by atoms with Gasteiger partial charge in [0.15, 0.2) is 0 Å². The first-order chi connectivity index (χ1) is 13.1. The molecule has 2 aliphatic rings. The fourth-order valence-corrected chi connectivity index (χ4v) is 3.72. The Morgan fingerprint density at radius 2 is 1.96 bits per heavy atom. The number of aliphatic carboxylic acids is 1. The van der Waals surface area contributed by atoms with Crippen molar-refractivity contribution in [2.45, 2.75) is 19.0 Å². The molecule has 0 radical (unpaired) electrons. The first kappa shape index (κ1) is 22.2. The molecule has 1 aromatic carbocycles. The maximum Gasteiger partial charge on any atom is 0.490 e. The molecule has 0 aromatic heterocycles. The molecule has 2 saturated heterocycles. The van der Waals surface area contributed by atoms with Crippen LogP contribution in [0.1, 0.15) is 12.0 Å². The normalized spacial score (nSPS) is 24.2. The van der Waals surface area contributed by atoms with Crippen LogP contribution in [0.4, 0.5) is 13.2 Å². The van der Waals surface area contributed by atoms with Gasteiger partial charge in [0, 0.05) is 37.4 Å². The molecule has 1 amide bonds. The number of carbonyl (C=O) groups excluding carboxylic acids is 1. The van der Waals surface area contributed by atoms with Crippen molar-refractivity contribution >= 4 is 11.9 Å². The van der Waals surface area contributed by atoms with Crippen LogP contribution in [0, 0.1) is 11.3 Å². The Morgan fingerprint density at radius 1 is 1.32 bits per heavy atom. The largest absolute Gasteiger partial charge is 0.490 e. The highest BCUT2D eigenvalue weighted by Gasteiger charge is 2.50. The lowest BCUT2D eigenvalue weighted by Crippen LogP contribution is -2.37. The second-order valence-corrected chi connectivity index (χ2v) is 7.34. The number of alkyl halides is 3. The number of benzene rings is 1. The van der Waals surface area contributed by atoms with Crippen LogP contribution in [0.5, 0.6) is 0 Å². The molecule has 6 nitrogen and oxygen atoms in total. The number of rotatable bonds is 5. The van der Waals surface area contributed by atoms with Gasteiger partial charge in [-0.15, -0.1) is 0 Å². The predicted molar refractivity (Wildman–Crippen MR) is 95.7 cm³/mol. The number of carbonyl (C=O) groups is 2.